The summed E-state index contributed by atoms with van der Waals surface area (Å²) in [6, 6.07) is 18.5. The largest absolute Gasteiger partial charge is 0.325 e. The topological polar surface area (TPSA) is 101 Å². The fourth-order valence-corrected chi connectivity index (χ4v) is 3.94. The van der Waals surface area contributed by atoms with Crippen LogP contribution < -0.4 is 10.6 Å². The van der Waals surface area contributed by atoms with E-state index in [4.69, 9.17) is 0 Å². The monoisotopic (exact) mass is 449 g/mol. The highest BCUT2D eigenvalue weighted by atomic mass is 32.2. The molecule has 32 heavy (non-hydrogen) atoms. The van der Waals surface area contributed by atoms with E-state index in [1.807, 2.05) is 51.1 Å². The van der Waals surface area contributed by atoms with E-state index in [2.05, 4.69) is 10.6 Å². The molecule has 0 radical (unpaired) electrons. The number of carbonyl (C=O) groups is 2. The van der Waals surface area contributed by atoms with Gasteiger partial charge in [-0.25, -0.2) is 0 Å². The number of nitro benzene ring substituents is 1. The molecule has 1 atom stereocenters. The van der Waals surface area contributed by atoms with E-state index in [1.54, 1.807) is 12.1 Å². The van der Waals surface area contributed by atoms with Crippen LogP contribution in [0.5, 0.6) is 0 Å². The second-order valence-corrected chi connectivity index (χ2v) is 8.72. The van der Waals surface area contributed by atoms with Gasteiger partial charge >= 0.3 is 0 Å². The van der Waals surface area contributed by atoms with Crippen LogP contribution in [-0.2, 0) is 4.79 Å². The lowest BCUT2D eigenvalue weighted by atomic mass is 10.1. The molecule has 2 N–H and O–H groups in total. The highest BCUT2D eigenvalue weighted by Gasteiger charge is 2.17. The van der Waals surface area contributed by atoms with Crippen molar-refractivity contribution < 1.29 is 14.5 Å². The number of para-hydroxylation sites is 1. The molecule has 0 aliphatic heterocycles. The van der Waals surface area contributed by atoms with Crippen molar-refractivity contribution in [3.8, 4) is 0 Å². The maximum atomic E-state index is 12.6. The zero-order valence-corrected chi connectivity index (χ0v) is 18.7. The minimum absolute atomic E-state index is 0.0875. The summed E-state index contributed by atoms with van der Waals surface area (Å²) in [4.78, 5) is 36.2. The van der Waals surface area contributed by atoms with Crippen LogP contribution in [0.4, 0.5) is 17.1 Å². The Morgan fingerprint density at radius 3 is 2.19 bits per heavy atom. The molecule has 3 rings (SSSR count). The van der Waals surface area contributed by atoms with E-state index in [0.29, 0.717) is 5.69 Å². The minimum atomic E-state index is -0.541. The maximum absolute atomic E-state index is 12.6. The van der Waals surface area contributed by atoms with Crippen molar-refractivity contribution in [2.45, 2.75) is 30.9 Å². The van der Waals surface area contributed by atoms with Crippen molar-refractivity contribution >= 4 is 40.6 Å². The lowest BCUT2D eigenvalue weighted by Crippen LogP contribution is -2.23. The normalized spacial score (nSPS) is 11.5. The lowest BCUT2D eigenvalue weighted by molar-refractivity contribution is -0.384. The van der Waals surface area contributed by atoms with Crippen LogP contribution in [0.3, 0.4) is 0 Å². The number of nitrogens with one attached hydrogen (secondary N) is 2. The van der Waals surface area contributed by atoms with Crippen molar-refractivity contribution in [2.24, 2.45) is 0 Å². The first-order valence-electron chi connectivity index (χ1n) is 9.94. The molecule has 0 aliphatic rings. The van der Waals surface area contributed by atoms with E-state index < -0.39 is 10.8 Å². The summed E-state index contributed by atoms with van der Waals surface area (Å²) in [5.41, 5.74) is 3.48. The zero-order chi connectivity index (χ0) is 23.3. The average molecular weight is 450 g/mol. The molecule has 0 saturated heterocycles. The number of rotatable bonds is 7. The number of non-ortho nitro benzene ring substituents is 1. The van der Waals surface area contributed by atoms with Gasteiger partial charge in [0.2, 0.25) is 5.91 Å². The van der Waals surface area contributed by atoms with E-state index >= 15 is 0 Å². The fourth-order valence-electron chi connectivity index (χ4n) is 3.07. The van der Waals surface area contributed by atoms with Crippen LogP contribution in [-0.4, -0.2) is 22.0 Å². The number of aryl methyl sites for hydroxylation is 2. The smallest absolute Gasteiger partial charge is 0.270 e. The molecule has 3 aromatic carbocycles. The van der Waals surface area contributed by atoms with Crippen molar-refractivity contribution in [3.05, 3.63) is 93.5 Å². The summed E-state index contributed by atoms with van der Waals surface area (Å²) in [6.45, 7) is 5.76. The Morgan fingerprint density at radius 1 is 0.938 bits per heavy atom. The molecular weight excluding hydrogens is 426 g/mol. The van der Waals surface area contributed by atoms with Crippen molar-refractivity contribution in [1.82, 2.24) is 0 Å². The van der Waals surface area contributed by atoms with Crippen molar-refractivity contribution in [2.75, 3.05) is 10.6 Å². The number of amides is 2. The highest BCUT2D eigenvalue weighted by Crippen LogP contribution is 2.27. The number of anilines is 2. The summed E-state index contributed by atoms with van der Waals surface area (Å²) < 4.78 is 0. The number of hydrogen-bond acceptors (Lipinski definition) is 5. The molecule has 1 unspecified atom stereocenters. The number of nitrogens with zero attached hydrogens (tertiary/aromatic N) is 1. The van der Waals surface area contributed by atoms with E-state index in [1.165, 1.54) is 36.0 Å². The number of nitro groups is 1. The quantitative estimate of drug-likeness (QED) is 0.278. The standard InChI is InChI=1S/C24H23N3O4S/c1-15-6-4-7-16(2)22(15)26-23(28)17(3)32-21-12-10-19(11-13-21)25-24(29)18-8-5-9-20(14-18)27(30)31/h4-14,17H,1-3H3,(H,25,29)(H,26,28). The van der Waals surface area contributed by atoms with Crippen LogP contribution >= 0.6 is 11.8 Å². The first-order chi connectivity index (χ1) is 15.2. The molecule has 2 amide bonds. The first-order valence-corrected chi connectivity index (χ1v) is 10.8. The third kappa shape index (κ3) is 5.73. The molecule has 8 heteroatoms. The van der Waals surface area contributed by atoms with Gasteiger partial charge in [-0.05, 0) is 62.2 Å². The molecule has 7 nitrogen and oxygen atoms in total. The van der Waals surface area contributed by atoms with Crippen LogP contribution in [0, 0.1) is 24.0 Å². The summed E-state index contributed by atoms with van der Waals surface area (Å²) in [7, 11) is 0. The zero-order valence-electron chi connectivity index (χ0n) is 17.9. The lowest BCUT2D eigenvalue weighted by Gasteiger charge is -2.15. The maximum Gasteiger partial charge on any atom is 0.270 e. The van der Waals surface area contributed by atoms with Crippen molar-refractivity contribution in [3.63, 3.8) is 0 Å². The predicted molar refractivity (Wildman–Crippen MR) is 127 cm³/mol. The Kier molecular flexibility index (Phi) is 7.27. The molecule has 164 valence electrons. The molecule has 3 aromatic rings. The van der Waals surface area contributed by atoms with Gasteiger partial charge in [0.1, 0.15) is 0 Å². The van der Waals surface area contributed by atoms with Gasteiger partial charge in [-0.2, -0.15) is 0 Å². The highest BCUT2D eigenvalue weighted by molar-refractivity contribution is 8.00. The van der Waals surface area contributed by atoms with Crippen LogP contribution in [0.25, 0.3) is 0 Å². The third-order valence-corrected chi connectivity index (χ3v) is 5.95. The molecule has 0 bridgehead atoms. The Morgan fingerprint density at radius 2 is 1.56 bits per heavy atom. The van der Waals surface area contributed by atoms with Crippen LogP contribution in [0.1, 0.15) is 28.4 Å². The molecule has 0 heterocycles. The molecule has 0 saturated carbocycles. The molecule has 0 spiro atoms. The first kappa shape index (κ1) is 23.0. The SMILES string of the molecule is Cc1cccc(C)c1NC(=O)C(C)Sc1ccc(NC(=O)c2cccc([N+](=O)[O-])c2)cc1. The van der Waals surface area contributed by atoms with Gasteiger partial charge in [0.15, 0.2) is 0 Å². The summed E-state index contributed by atoms with van der Waals surface area (Å²) in [5, 5.41) is 16.3. The van der Waals surface area contributed by atoms with Crippen LogP contribution in [0.15, 0.2) is 71.6 Å². The third-order valence-electron chi connectivity index (χ3n) is 4.84. The van der Waals surface area contributed by atoms with E-state index in [0.717, 1.165) is 21.7 Å². The Labute approximate surface area is 190 Å². The van der Waals surface area contributed by atoms with Gasteiger partial charge in [-0.1, -0.05) is 24.3 Å². The molecule has 0 fully saturated rings. The van der Waals surface area contributed by atoms with Crippen molar-refractivity contribution in [1.29, 1.82) is 0 Å². The van der Waals surface area contributed by atoms with Gasteiger partial charge in [-0.3, -0.25) is 19.7 Å². The predicted octanol–water partition coefficient (Wildman–Crippen LogP) is 5.58. The van der Waals surface area contributed by atoms with Gasteiger partial charge in [0, 0.05) is 34.0 Å². The Balaban J connectivity index is 1.60. The second-order valence-electron chi connectivity index (χ2n) is 7.30. The van der Waals surface area contributed by atoms with Gasteiger partial charge in [0.05, 0.1) is 10.2 Å². The second kappa shape index (κ2) is 10.1. The fraction of sp³-hybridized carbons (Fsp3) is 0.167. The van der Waals surface area contributed by atoms with E-state index in [9.17, 15) is 19.7 Å². The average Bonchev–Trinajstić information content (AvgIpc) is 2.77. The molecule has 0 aliphatic carbocycles. The van der Waals surface area contributed by atoms with Gasteiger partial charge in [-0.15, -0.1) is 11.8 Å². The Hall–Kier alpha value is -3.65. The van der Waals surface area contributed by atoms with Gasteiger partial charge < -0.3 is 10.6 Å². The molecular formula is C24H23N3O4S. The van der Waals surface area contributed by atoms with Gasteiger partial charge in [0.25, 0.3) is 11.6 Å². The summed E-state index contributed by atoms with van der Waals surface area (Å²) >= 11 is 1.41. The number of hydrogen-bond donors (Lipinski definition) is 2. The van der Waals surface area contributed by atoms with E-state index in [-0.39, 0.29) is 22.4 Å². The number of carbonyl (C=O) groups excluding carboxylic acids is 2. The number of thioether (sulfide) groups is 1. The van der Waals surface area contributed by atoms with Crippen LogP contribution in [0.2, 0.25) is 0 Å². The number of benzene rings is 3. The Bertz CT molecular complexity index is 1140. The minimum Gasteiger partial charge on any atom is -0.325 e. The summed E-state index contributed by atoms with van der Waals surface area (Å²) in [6.07, 6.45) is 0. The molecule has 0 aromatic heterocycles. The summed E-state index contributed by atoms with van der Waals surface area (Å²) in [5.74, 6) is -0.522.